The van der Waals surface area contributed by atoms with E-state index in [4.69, 9.17) is 9.40 Å². The summed E-state index contributed by atoms with van der Waals surface area (Å²) in [6, 6.07) is 9.04. The zero-order chi connectivity index (χ0) is 20.8. The quantitative estimate of drug-likeness (QED) is 0.490. The van der Waals surface area contributed by atoms with Crippen molar-refractivity contribution >= 4 is 17.4 Å². The molecule has 0 fully saturated rings. The van der Waals surface area contributed by atoms with Crippen molar-refractivity contribution in [1.29, 1.82) is 0 Å². The lowest BCUT2D eigenvalue weighted by Crippen LogP contribution is -2.41. The van der Waals surface area contributed by atoms with Crippen LogP contribution >= 0.6 is 11.5 Å². The van der Waals surface area contributed by atoms with Crippen LogP contribution < -0.4 is 0 Å². The zero-order valence-corrected chi connectivity index (χ0v) is 17.2. The van der Waals surface area contributed by atoms with E-state index >= 15 is 0 Å². The summed E-state index contributed by atoms with van der Waals surface area (Å²) in [4.78, 5) is 24.3. The van der Waals surface area contributed by atoms with Crippen LogP contribution in [0, 0.1) is 12.7 Å². The van der Waals surface area contributed by atoms with Gasteiger partial charge in [-0.1, -0.05) is 0 Å². The molecular weight excluding hydrogens is 405 g/mol. The molecule has 0 saturated heterocycles. The van der Waals surface area contributed by atoms with Gasteiger partial charge in [-0.25, -0.2) is 14.4 Å². The second-order valence-corrected chi connectivity index (χ2v) is 7.88. The summed E-state index contributed by atoms with van der Waals surface area (Å²) in [6.45, 7) is 4.88. The van der Waals surface area contributed by atoms with Crippen molar-refractivity contribution in [3.63, 3.8) is 0 Å². The number of hydrogen-bond donors (Lipinski definition) is 0. The van der Waals surface area contributed by atoms with E-state index in [9.17, 15) is 9.18 Å². The fourth-order valence-corrected chi connectivity index (χ4v) is 4.52. The van der Waals surface area contributed by atoms with Gasteiger partial charge in [0, 0.05) is 18.7 Å². The minimum Gasteiger partial charge on any atom is -0.463 e. The van der Waals surface area contributed by atoms with Gasteiger partial charge >= 0.3 is 0 Å². The number of halogens is 1. The van der Waals surface area contributed by atoms with E-state index in [1.807, 2.05) is 26.0 Å². The fraction of sp³-hybridized carbons (Fsp3) is 0.238. The molecule has 1 aliphatic rings. The highest BCUT2D eigenvalue weighted by atomic mass is 32.1. The number of benzene rings is 1. The first-order chi connectivity index (χ1) is 14.5. The Kier molecular flexibility index (Phi) is 4.47. The Morgan fingerprint density at radius 2 is 2.00 bits per heavy atom. The number of fused-ring (bicyclic) bond motifs is 1. The molecule has 1 atom stereocenters. The Morgan fingerprint density at radius 1 is 1.20 bits per heavy atom. The zero-order valence-electron chi connectivity index (χ0n) is 16.4. The minimum absolute atomic E-state index is 0.145. The van der Waals surface area contributed by atoms with E-state index < -0.39 is 0 Å². The number of carbonyl (C=O) groups is 1. The minimum atomic E-state index is -0.367. The first-order valence-corrected chi connectivity index (χ1v) is 10.3. The Morgan fingerprint density at radius 3 is 2.67 bits per heavy atom. The Bertz CT molecular complexity index is 1210. The third kappa shape index (κ3) is 3.02. The van der Waals surface area contributed by atoms with Gasteiger partial charge in [0.1, 0.15) is 17.3 Å². The first kappa shape index (κ1) is 18.7. The molecule has 0 saturated carbocycles. The van der Waals surface area contributed by atoms with Crippen LogP contribution in [-0.2, 0) is 6.54 Å². The summed E-state index contributed by atoms with van der Waals surface area (Å²) in [5.41, 5.74) is 2.03. The number of amides is 1. The van der Waals surface area contributed by atoms with Crippen molar-refractivity contribution in [2.45, 2.75) is 26.4 Å². The standard InChI is InChI=1S/C21H18FN5O2S/c1-12-18-17(16-4-3-11-29-16)24-19(20-23-13(2)25-30-20)27(18)10-9-26(12)21(28)14-5-7-15(22)8-6-14/h3-8,11-12H,9-10H2,1-2H3/t12-/m1/s1. The lowest BCUT2D eigenvalue weighted by atomic mass is 10.1. The number of aromatic nitrogens is 4. The lowest BCUT2D eigenvalue weighted by molar-refractivity contribution is 0.0645. The van der Waals surface area contributed by atoms with E-state index in [0.717, 1.165) is 16.5 Å². The molecule has 1 amide bonds. The summed E-state index contributed by atoms with van der Waals surface area (Å²) in [6.07, 6.45) is 1.60. The molecule has 1 aliphatic heterocycles. The maximum absolute atomic E-state index is 13.3. The molecular formula is C21H18FN5O2S. The van der Waals surface area contributed by atoms with E-state index in [1.54, 1.807) is 11.2 Å². The van der Waals surface area contributed by atoms with Gasteiger partial charge in [0.25, 0.3) is 5.91 Å². The van der Waals surface area contributed by atoms with Crippen molar-refractivity contribution < 1.29 is 13.6 Å². The first-order valence-electron chi connectivity index (χ1n) is 9.54. The molecule has 152 valence electrons. The molecule has 7 nitrogen and oxygen atoms in total. The molecule has 0 radical (unpaired) electrons. The third-order valence-corrected chi connectivity index (χ3v) is 6.06. The Balaban J connectivity index is 1.60. The lowest BCUT2D eigenvalue weighted by Gasteiger charge is -2.35. The van der Waals surface area contributed by atoms with Gasteiger partial charge < -0.3 is 13.9 Å². The molecule has 1 aromatic carbocycles. The summed E-state index contributed by atoms with van der Waals surface area (Å²) >= 11 is 1.30. The van der Waals surface area contributed by atoms with Gasteiger partial charge in [-0.2, -0.15) is 4.37 Å². The highest BCUT2D eigenvalue weighted by Gasteiger charge is 2.35. The highest BCUT2D eigenvalue weighted by Crippen LogP contribution is 2.38. The van der Waals surface area contributed by atoms with Gasteiger partial charge in [-0.15, -0.1) is 0 Å². The van der Waals surface area contributed by atoms with Gasteiger partial charge in [0.15, 0.2) is 16.6 Å². The van der Waals surface area contributed by atoms with E-state index in [1.165, 1.54) is 35.8 Å². The average molecular weight is 423 g/mol. The molecule has 0 spiro atoms. The summed E-state index contributed by atoms with van der Waals surface area (Å²) in [5, 5.41) is 0.733. The van der Waals surface area contributed by atoms with E-state index in [-0.39, 0.29) is 17.8 Å². The van der Waals surface area contributed by atoms with Gasteiger partial charge in [0.05, 0.1) is 18.0 Å². The number of hydrogen-bond acceptors (Lipinski definition) is 6. The topological polar surface area (TPSA) is 77.0 Å². The Hall–Kier alpha value is -3.33. The van der Waals surface area contributed by atoms with Crippen LogP contribution in [0.15, 0.2) is 47.1 Å². The Labute approximate surface area is 176 Å². The smallest absolute Gasteiger partial charge is 0.254 e. The second kappa shape index (κ2) is 7.17. The number of rotatable bonds is 3. The maximum Gasteiger partial charge on any atom is 0.254 e. The van der Waals surface area contributed by atoms with Crippen molar-refractivity contribution in [2.75, 3.05) is 6.54 Å². The van der Waals surface area contributed by atoms with Gasteiger partial charge in [-0.05, 0) is 61.8 Å². The highest BCUT2D eigenvalue weighted by molar-refractivity contribution is 7.09. The van der Waals surface area contributed by atoms with Crippen LogP contribution in [0.3, 0.4) is 0 Å². The van der Waals surface area contributed by atoms with Gasteiger partial charge in [0.2, 0.25) is 0 Å². The molecule has 30 heavy (non-hydrogen) atoms. The predicted octanol–water partition coefficient (Wildman–Crippen LogP) is 4.33. The van der Waals surface area contributed by atoms with Crippen LogP contribution in [0.25, 0.3) is 22.3 Å². The maximum atomic E-state index is 13.3. The molecule has 0 unspecified atom stereocenters. The van der Waals surface area contributed by atoms with Crippen LogP contribution in [0.4, 0.5) is 4.39 Å². The van der Waals surface area contributed by atoms with Crippen molar-refractivity contribution in [3.8, 4) is 22.3 Å². The summed E-state index contributed by atoms with van der Waals surface area (Å²) < 4.78 is 25.3. The van der Waals surface area contributed by atoms with Crippen molar-refractivity contribution in [1.82, 2.24) is 23.8 Å². The summed E-state index contributed by atoms with van der Waals surface area (Å²) in [5.74, 6) is 1.54. The number of imidazole rings is 1. The van der Waals surface area contributed by atoms with Crippen molar-refractivity contribution in [3.05, 3.63) is 65.6 Å². The molecule has 3 aromatic heterocycles. The number of furan rings is 1. The largest absolute Gasteiger partial charge is 0.463 e. The molecule has 0 N–H and O–H groups in total. The molecule has 0 aliphatic carbocycles. The molecule has 4 heterocycles. The molecule has 5 rings (SSSR count). The van der Waals surface area contributed by atoms with E-state index in [0.29, 0.717) is 35.9 Å². The number of carbonyl (C=O) groups excluding carboxylic acids is 1. The van der Waals surface area contributed by atoms with Crippen molar-refractivity contribution in [2.24, 2.45) is 0 Å². The third-order valence-electron chi connectivity index (χ3n) is 5.26. The average Bonchev–Trinajstić information content (AvgIpc) is 3.47. The van der Waals surface area contributed by atoms with E-state index in [2.05, 4.69) is 13.9 Å². The molecule has 9 heteroatoms. The molecule has 0 bridgehead atoms. The fourth-order valence-electron chi connectivity index (χ4n) is 3.85. The van der Waals surface area contributed by atoms with Crippen LogP contribution in [-0.4, -0.2) is 36.3 Å². The monoisotopic (exact) mass is 423 g/mol. The van der Waals surface area contributed by atoms with Crippen LogP contribution in [0.2, 0.25) is 0 Å². The SMILES string of the molecule is Cc1nsc(-c2nc(-c3ccco3)c3n2CCN(C(=O)c2ccc(F)cc2)[C@@H]3C)n1. The molecule has 4 aromatic rings. The number of nitrogens with zero attached hydrogens (tertiary/aromatic N) is 5. The summed E-state index contributed by atoms with van der Waals surface area (Å²) in [7, 11) is 0. The number of aryl methyl sites for hydroxylation is 1. The predicted molar refractivity (Wildman–Crippen MR) is 109 cm³/mol. The van der Waals surface area contributed by atoms with Gasteiger partial charge in [-0.3, -0.25) is 4.79 Å². The normalized spacial score (nSPS) is 16.0. The second-order valence-electron chi connectivity index (χ2n) is 7.13. The van der Waals surface area contributed by atoms with Crippen LogP contribution in [0.5, 0.6) is 0 Å². The van der Waals surface area contributed by atoms with Crippen LogP contribution in [0.1, 0.15) is 34.8 Å².